The van der Waals surface area contributed by atoms with Gasteiger partial charge < -0.3 is 47.9 Å². The molecule has 29 heavy (non-hydrogen) atoms. The predicted molar refractivity (Wildman–Crippen MR) is 106 cm³/mol. The van der Waals surface area contributed by atoms with Crippen LogP contribution < -0.4 is 0 Å². The Morgan fingerprint density at radius 2 is 1.00 bits per heavy atom. The second-order valence-electron chi connectivity index (χ2n) is 5.95. The van der Waals surface area contributed by atoms with Crippen molar-refractivity contribution < 1.29 is 47.9 Å². The smallest absolute Gasteiger partial charge is 0.396 e. The standard InChI is InChI=1S/C18H39BO10/c1-22-19(29-18-27-17-21)28-16-6-15-26-14-5-13-25-12-4-11-24-10-3-9-23-8-2-7-20/h20-21H,2-18H2,1H3. The van der Waals surface area contributed by atoms with Crippen LogP contribution in [0.1, 0.15) is 32.1 Å². The fourth-order valence-electron chi connectivity index (χ4n) is 2.03. The van der Waals surface area contributed by atoms with Crippen molar-refractivity contribution >= 4 is 7.32 Å². The van der Waals surface area contributed by atoms with E-state index in [9.17, 15) is 0 Å². The zero-order chi connectivity index (χ0) is 21.3. The summed E-state index contributed by atoms with van der Waals surface area (Å²) in [6, 6.07) is 0. The van der Waals surface area contributed by atoms with Crippen LogP contribution in [0.15, 0.2) is 0 Å². The molecule has 0 saturated heterocycles. The van der Waals surface area contributed by atoms with E-state index in [2.05, 4.69) is 4.74 Å². The Labute approximate surface area is 174 Å². The summed E-state index contributed by atoms with van der Waals surface area (Å²) in [7, 11) is 0.646. The lowest BCUT2D eigenvalue weighted by Crippen LogP contribution is -2.27. The number of aliphatic hydroxyl groups is 2. The molecule has 10 nitrogen and oxygen atoms in total. The molecule has 11 heteroatoms. The molecule has 2 N–H and O–H groups in total. The van der Waals surface area contributed by atoms with E-state index in [4.69, 9.17) is 43.1 Å². The SMILES string of the molecule is COB(OCCCOCCCOCCCOCCCOCCCO)OCOCO. The van der Waals surface area contributed by atoms with E-state index in [1.165, 1.54) is 7.11 Å². The summed E-state index contributed by atoms with van der Waals surface area (Å²) in [6.07, 6.45) is 3.98. The Morgan fingerprint density at radius 1 is 0.552 bits per heavy atom. The van der Waals surface area contributed by atoms with Crippen LogP contribution in [-0.2, 0) is 37.6 Å². The topological polar surface area (TPSA) is 114 Å². The lowest BCUT2D eigenvalue weighted by Gasteiger charge is -2.11. The van der Waals surface area contributed by atoms with Crippen LogP contribution in [0.3, 0.4) is 0 Å². The van der Waals surface area contributed by atoms with Crippen molar-refractivity contribution in [1.29, 1.82) is 0 Å². The molecule has 0 aliphatic carbocycles. The molecule has 0 aromatic rings. The maximum atomic E-state index is 8.61. The molecule has 0 unspecified atom stereocenters. The van der Waals surface area contributed by atoms with Gasteiger partial charge in [-0.3, -0.25) is 0 Å². The molecule has 0 spiro atoms. The molecule has 0 aliphatic rings. The van der Waals surface area contributed by atoms with Crippen LogP contribution in [0.5, 0.6) is 0 Å². The highest BCUT2D eigenvalue weighted by Gasteiger charge is 2.18. The molecule has 0 rings (SSSR count). The van der Waals surface area contributed by atoms with E-state index in [0.29, 0.717) is 65.9 Å². The molecule has 0 aliphatic heterocycles. The van der Waals surface area contributed by atoms with Gasteiger partial charge in [0.15, 0.2) is 0 Å². The first-order chi connectivity index (χ1) is 14.3. The van der Waals surface area contributed by atoms with Crippen molar-refractivity contribution in [3.05, 3.63) is 0 Å². The van der Waals surface area contributed by atoms with E-state index >= 15 is 0 Å². The Morgan fingerprint density at radius 3 is 1.41 bits per heavy atom. The van der Waals surface area contributed by atoms with Crippen LogP contribution in [-0.4, -0.2) is 104 Å². The highest BCUT2D eigenvalue weighted by molar-refractivity contribution is 6.36. The number of aliphatic hydroxyl groups excluding tert-OH is 2. The summed E-state index contributed by atoms with van der Waals surface area (Å²) in [5.41, 5.74) is 0. The van der Waals surface area contributed by atoms with Gasteiger partial charge in [0.1, 0.15) is 13.6 Å². The number of rotatable bonds is 25. The molecule has 0 amide bonds. The molecule has 0 heterocycles. The van der Waals surface area contributed by atoms with E-state index in [-0.39, 0.29) is 13.4 Å². The molecule has 0 fully saturated rings. The summed E-state index contributed by atoms with van der Waals surface area (Å²) in [4.78, 5) is 0. The van der Waals surface area contributed by atoms with Gasteiger partial charge in [-0.2, -0.15) is 0 Å². The normalized spacial score (nSPS) is 11.3. The maximum absolute atomic E-state index is 8.61. The van der Waals surface area contributed by atoms with Gasteiger partial charge >= 0.3 is 7.32 Å². The van der Waals surface area contributed by atoms with Crippen LogP contribution >= 0.6 is 0 Å². The predicted octanol–water partition coefficient (Wildman–Crippen LogP) is 0.584. The summed E-state index contributed by atoms with van der Waals surface area (Å²) >= 11 is 0. The first-order valence-electron chi connectivity index (χ1n) is 10.2. The highest BCUT2D eigenvalue weighted by atomic mass is 16.8. The van der Waals surface area contributed by atoms with Crippen molar-refractivity contribution in [1.82, 2.24) is 0 Å². The minimum atomic E-state index is -0.816. The van der Waals surface area contributed by atoms with Crippen LogP contribution in [0.4, 0.5) is 0 Å². The Balaban J connectivity index is 3.13. The van der Waals surface area contributed by atoms with Crippen molar-refractivity contribution in [3.8, 4) is 0 Å². The summed E-state index contributed by atoms with van der Waals surface area (Å²) in [6.45, 7) is 5.31. The van der Waals surface area contributed by atoms with Crippen molar-refractivity contribution in [2.24, 2.45) is 0 Å². The van der Waals surface area contributed by atoms with E-state index in [1.807, 2.05) is 0 Å². The Kier molecular flexibility index (Phi) is 25.4. The van der Waals surface area contributed by atoms with E-state index in [0.717, 1.165) is 25.7 Å². The molecule has 0 atom stereocenters. The zero-order valence-electron chi connectivity index (χ0n) is 17.8. The molecule has 0 aromatic carbocycles. The third-order valence-corrected chi connectivity index (χ3v) is 3.44. The van der Waals surface area contributed by atoms with Gasteiger partial charge in [-0.05, 0) is 32.1 Å². The average molecular weight is 426 g/mol. The molecule has 174 valence electrons. The summed E-state index contributed by atoms with van der Waals surface area (Å²) < 4.78 is 41.8. The van der Waals surface area contributed by atoms with Crippen molar-refractivity contribution in [2.75, 3.05) is 86.8 Å². The Hall–Kier alpha value is -0.335. The highest BCUT2D eigenvalue weighted by Crippen LogP contribution is 1.95. The van der Waals surface area contributed by atoms with E-state index in [1.54, 1.807) is 0 Å². The van der Waals surface area contributed by atoms with Gasteiger partial charge in [0.25, 0.3) is 0 Å². The van der Waals surface area contributed by atoms with Crippen LogP contribution in [0.25, 0.3) is 0 Å². The van der Waals surface area contributed by atoms with Gasteiger partial charge in [0.2, 0.25) is 0 Å². The third-order valence-electron chi connectivity index (χ3n) is 3.44. The number of ether oxygens (including phenoxy) is 5. The minimum absolute atomic E-state index is 0.0985. The minimum Gasteiger partial charge on any atom is -0.396 e. The van der Waals surface area contributed by atoms with Crippen LogP contribution in [0.2, 0.25) is 0 Å². The van der Waals surface area contributed by atoms with Gasteiger partial charge in [-0.15, -0.1) is 0 Å². The van der Waals surface area contributed by atoms with Gasteiger partial charge in [0, 0.05) is 73.2 Å². The van der Waals surface area contributed by atoms with Gasteiger partial charge in [0.05, 0.1) is 0 Å². The number of hydrogen-bond donors (Lipinski definition) is 2. The quantitative estimate of drug-likeness (QED) is 0.122. The third kappa shape index (κ3) is 23.8. The van der Waals surface area contributed by atoms with Crippen LogP contribution in [0, 0.1) is 0 Å². The zero-order valence-corrected chi connectivity index (χ0v) is 17.8. The molecule has 0 aromatic heterocycles. The number of hydrogen-bond acceptors (Lipinski definition) is 10. The molecule has 0 bridgehead atoms. The second-order valence-corrected chi connectivity index (χ2v) is 5.95. The first kappa shape index (κ1) is 28.7. The van der Waals surface area contributed by atoms with Gasteiger partial charge in [-0.1, -0.05) is 0 Å². The average Bonchev–Trinajstić information content (AvgIpc) is 2.74. The summed E-state index contributed by atoms with van der Waals surface area (Å²) in [5.74, 6) is 0. The largest absolute Gasteiger partial charge is 0.640 e. The molecular formula is C18H39BO10. The Bertz CT molecular complexity index is 302. The fourth-order valence-corrected chi connectivity index (χ4v) is 2.03. The van der Waals surface area contributed by atoms with E-state index < -0.39 is 14.1 Å². The van der Waals surface area contributed by atoms with Crippen molar-refractivity contribution in [2.45, 2.75) is 32.1 Å². The molecular weight excluding hydrogens is 387 g/mol. The molecule has 0 saturated carbocycles. The monoisotopic (exact) mass is 426 g/mol. The van der Waals surface area contributed by atoms with Gasteiger partial charge in [-0.25, -0.2) is 0 Å². The first-order valence-corrected chi connectivity index (χ1v) is 10.2. The maximum Gasteiger partial charge on any atom is 0.640 e. The lowest BCUT2D eigenvalue weighted by molar-refractivity contribution is -0.0840. The fraction of sp³-hybridized carbons (Fsp3) is 1.00. The molecule has 0 radical (unpaired) electrons. The lowest BCUT2D eigenvalue weighted by atomic mass is 10.2. The summed E-state index contributed by atoms with van der Waals surface area (Å²) in [5, 5.41) is 17.1. The second kappa shape index (κ2) is 25.7. The van der Waals surface area contributed by atoms with Crippen molar-refractivity contribution in [3.63, 3.8) is 0 Å².